The number of hydrogen-bond donors (Lipinski definition) is 3. The van der Waals surface area contributed by atoms with E-state index in [-0.39, 0.29) is 11.6 Å². The first-order valence-corrected chi connectivity index (χ1v) is 16.6. The number of benzene rings is 1. The van der Waals surface area contributed by atoms with Crippen molar-refractivity contribution in [1.29, 1.82) is 0 Å². The van der Waals surface area contributed by atoms with Gasteiger partial charge in [0, 0.05) is 54.0 Å². The number of ether oxygens (including phenoxy) is 1. The van der Waals surface area contributed by atoms with E-state index in [9.17, 15) is 22.8 Å². The number of halogens is 4. The fraction of sp³-hybridized carbons (Fsp3) is 0.588. The zero-order chi connectivity index (χ0) is 38.3. The fourth-order valence-electron chi connectivity index (χ4n) is 3.95. The van der Waals surface area contributed by atoms with Crippen LogP contribution < -0.4 is 16.1 Å². The number of nitrogens with one attached hydrogen (secondary N) is 3. The number of hydrogen-bond acceptors (Lipinski definition) is 11. The zero-order valence-corrected chi connectivity index (χ0v) is 31.3. The summed E-state index contributed by atoms with van der Waals surface area (Å²) < 4.78 is 41.7. The quantitative estimate of drug-likeness (QED) is 0.0592. The number of allylic oxidation sites excluding steroid dienone is 2. The number of hydrazone groups is 1. The number of nitrogens with zero attached hydrogens (tertiary/aromatic N) is 4. The van der Waals surface area contributed by atoms with Crippen LogP contribution in [0, 0.1) is 0 Å². The highest BCUT2D eigenvalue weighted by Gasteiger charge is 2.30. The summed E-state index contributed by atoms with van der Waals surface area (Å²) in [5.74, 6) is 0. The molecule has 0 fully saturated rings. The first-order valence-electron chi connectivity index (χ1n) is 16.2. The third-order valence-corrected chi connectivity index (χ3v) is 6.79. The van der Waals surface area contributed by atoms with Crippen molar-refractivity contribution in [2.24, 2.45) is 5.10 Å². The highest BCUT2D eigenvalue weighted by Crippen LogP contribution is 2.33. The van der Waals surface area contributed by atoms with Crippen molar-refractivity contribution in [3.05, 3.63) is 51.8 Å². The lowest BCUT2D eigenvalue weighted by molar-refractivity contribution is -0.137. The molecule has 0 radical (unpaired) electrons. The maximum absolute atomic E-state index is 12.1. The number of alkyl halides is 3. The molecule has 49 heavy (non-hydrogen) atoms. The molecule has 0 aromatic heterocycles. The van der Waals surface area contributed by atoms with Crippen LogP contribution in [0.2, 0.25) is 5.02 Å². The predicted octanol–water partition coefficient (Wildman–Crippen LogP) is 5.89. The molecule has 11 nitrogen and oxygen atoms in total. The minimum absolute atomic E-state index is 0.0670. The number of rotatable bonds is 17. The van der Waals surface area contributed by atoms with Gasteiger partial charge in [0.1, 0.15) is 13.1 Å². The monoisotopic (exact) mass is 721 g/mol. The van der Waals surface area contributed by atoms with Gasteiger partial charge in [-0.2, -0.15) is 18.3 Å². The molecule has 1 aromatic rings. The summed E-state index contributed by atoms with van der Waals surface area (Å²) in [5, 5.41) is 12.8. The van der Waals surface area contributed by atoms with Gasteiger partial charge in [0.05, 0.1) is 47.4 Å². The van der Waals surface area contributed by atoms with E-state index in [0.29, 0.717) is 31.0 Å². The summed E-state index contributed by atoms with van der Waals surface area (Å²) in [4.78, 5) is 33.4. The molecular weight excluding hydrogens is 663 g/mol. The summed E-state index contributed by atoms with van der Waals surface area (Å²) >= 11 is 5.57. The molecule has 1 aliphatic rings. The summed E-state index contributed by atoms with van der Waals surface area (Å²) in [5.41, 5.74) is 5.87. The van der Waals surface area contributed by atoms with E-state index in [1.54, 1.807) is 12.1 Å². The van der Waals surface area contributed by atoms with E-state index in [4.69, 9.17) is 21.1 Å². The van der Waals surface area contributed by atoms with E-state index in [0.717, 1.165) is 75.9 Å². The molecule has 2 rings (SSSR count). The molecule has 0 amide bonds. The second-order valence-electron chi connectivity index (χ2n) is 9.98. The highest BCUT2D eigenvalue weighted by atomic mass is 35.5. The van der Waals surface area contributed by atoms with Crippen molar-refractivity contribution >= 4 is 43.4 Å². The summed E-state index contributed by atoms with van der Waals surface area (Å²) in [6, 6.07) is 3.18. The maximum atomic E-state index is 12.1. The molecule has 0 spiro atoms. The second kappa shape index (κ2) is 31.8. The van der Waals surface area contributed by atoms with Crippen LogP contribution in [0.5, 0.6) is 0 Å². The van der Waals surface area contributed by atoms with Crippen molar-refractivity contribution in [3.8, 4) is 0 Å². The molecule has 0 unspecified atom stereocenters. The van der Waals surface area contributed by atoms with Crippen molar-refractivity contribution in [2.75, 3.05) is 79.4 Å². The normalized spacial score (nSPS) is 12.2. The number of aldehydes is 2. The molecule has 0 aliphatic carbocycles. The summed E-state index contributed by atoms with van der Waals surface area (Å²) in [7, 11) is 7.15. The van der Waals surface area contributed by atoms with E-state index in [1.165, 1.54) is 11.6 Å². The lowest BCUT2D eigenvalue weighted by Crippen LogP contribution is -2.43. The first-order chi connectivity index (χ1) is 23.4. The van der Waals surface area contributed by atoms with Crippen molar-refractivity contribution < 1.29 is 32.3 Å². The lowest BCUT2D eigenvalue weighted by atomic mass is 10.1. The molecule has 0 bridgehead atoms. The number of likely N-dealkylation sites (N-methyl/N-ethyl adjacent to an activating group) is 1. The van der Waals surface area contributed by atoms with Crippen LogP contribution >= 0.6 is 11.6 Å². The molecule has 0 saturated heterocycles. The Bertz CT molecular complexity index is 1080. The molecule has 1 heterocycles. The Morgan fingerprint density at radius 1 is 1.12 bits per heavy atom. The third-order valence-electron chi connectivity index (χ3n) is 6.48. The number of carbonyl (C=O) groups is 3. The SMILES string of the molecule is C=NN(C)C.C=O.CC.CCCCN(CCNC)/C(C=O)=C(\CC)N(CC=O)NCC1=CCOCC1.CNc1ccc(C(F)(F)F)cc1Cl. The number of hydrazine groups is 1. The summed E-state index contributed by atoms with van der Waals surface area (Å²) in [6.45, 7) is 18.0. The van der Waals surface area contributed by atoms with Gasteiger partial charge in [-0.1, -0.05) is 57.4 Å². The molecule has 0 atom stereocenters. The molecule has 15 heteroatoms. The van der Waals surface area contributed by atoms with Crippen LogP contribution in [0.1, 0.15) is 58.9 Å². The van der Waals surface area contributed by atoms with Crippen molar-refractivity contribution in [3.63, 3.8) is 0 Å². The Labute approximate surface area is 296 Å². The largest absolute Gasteiger partial charge is 0.416 e. The van der Waals surface area contributed by atoms with E-state index in [1.807, 2.05) is 53.7 Å². The van der Waals surface area contributed by atoms with Gasteiger partial charge in [-0.15, -0.1) is 0 Å². The second-order valence-corrected chi connectivity index (χ2v) is 10.4. The number of carbonyl (C=O) groups excluding carboxylic acids is 3. The van der Waals surface area contributed by atoms with Gasteiger partial charge in [0.15, 0.2) is 6.29 Å². The van der Waals surface area contributed by atoms with Crippen molar-refractivity contribution in [1.82, 2.24) is 25.7 Å². The fourth-order valence-corrected chi connectivity index (χ4v) is 4.22. The summed E-state index contributed by atoms with van der Waals surface area (Å²) in [6.07, 6.45) is 3.17. The van der Waals surface area contributed by atoms with Gasteiger partial charge in [0.25, 0.3) is 0 Å². The van der Waals surface area contributed by atoms with Crippen LogP contribution in [0.25, 0.3) is 0 Å². The van der Waals surface area contributed by atoms with Crippen molar-refractivity contribution in [2.45, 2.75) is 59.6 Å². The Morgan fingerprint density at radius 2 is 1.76 bits per heavy atom. The first kappa shape index (κ1) is 49.9. The number of unbranched alkanes of at least 4 members (excludes halogenated alkanes) is 1. The third kappa shape index (κ3) is 22.7. The van der Waals surface area contributed by atoms with E-state index >= 15 is 0 Å². The van der Waals surface area contributed by atoms with Crippen LogP contribution in [-0.4, -0.2) is 115 Å². The van der Waals surface area contributed by atoms with Gasteiger partial charge in [-0.3, -0.25) is 4.79 Å². The van der Waals surface area contributed by atoms with E-state index < -0.39 is 11.7 Å². The zero-order valence-electron chi connectivity index (χ0n) is 30.6. The average Bonchev–Trinajstić information content (AvgIpc) is 3.11. The Kier molecular flexibility index (Phi) is 32.4. The van der Waals surface area contributed by atoms with Gasteiger partial charge < -0.3 is 39.9 Å². The van der Waals surface area contributed by atoms with Crippen LogP contribution in [-0.2, 0) is 25.3 Å². The smallest absolute Gasteiger partial charge is 0.387 e. The van der Waals surface area contributed by atoms with Crippen LogP contribution in [0.15, 0.2) is 46.3 Å². The maximum Gasteiger partial charge on any atom is 0.416 e. The van der Waals surface area contributed by atoms with Gasteiger partial charge in [-0.25, -0.2) is 5.43 Å². The van der Waals surface area contributed by atoms with Gasteiger partial charge >= 0.3 is 6.18 Å². The van der Waals surface area contributed by atoms with E-state index in [2.05, 4.69) is 45.8 Å². The molecular formula is C34H59ClF3N7O4. The molecule has 1 aliphatic heterocycles. The van der Waals surface area contributed by atoms with Gasteiger partial charge in [-0.05, 0) is 44.5 Å². The minimum Gasteiger partial charge on any atom is -0.387 e. The Hall–Kier alpha value is -3.46. The average molecular weight is 722 g/mol. The molecule has 1 aromatic carbocycles. The van der Waals surface area contributed by atoms with Gasteiger partial charge in [0.2, 0.25) is 0 Å². The molecule has 282 valence electrons. The topological polar surface area (TPSA) is 119 Å². The Morgan fingerprint density at radius 3 is 2.16 bits per heavy atom. The Balaban J connectivity index is -0.000000792. The van der Waals surface area contributed by atoms with Crippen LogP contribution in [0.3, 0.4) is 0 Å². The highest BCUT2D eigenvalue weighted by molar-refractivity contribution is 6.33. The predicted molar refractivity (Wildman–Crippen MR) is 196 cm³/mol. The standard InChI is InChI=1S/C20H36N4O3.C8H7ClF3N.C3H8N2.C2H6.CH2O/c1-4-6-10-23(11-9-21-3)20(17-26)19(5-2)24(12-13-25)22-16-18-7-14-27-15-8-18;1-13-7-3-2-5(4-6(7)9)8(10,11)12;1-4-5(2)3;2*1-2/h7,13,17,21-22H,4-6,8-12,14-16H2,1-3H3;2-4,13H,1H3;1H2,2-3H3;1-2H3;1H2/b20-19+;;;;. The minimum atomic E-state index is -4.34. The lowest BCUT2D eigenvalue weighted by Gasteiger charge is -2.32. The molecule has 3 N–H and O–H groups in total. The molecule has 0 saturated carbocycles. The number of anilines is 1. The van der Waals surface area contributed by atoms with Crippen LogP contribution in [0.4, 0.5) is 18.9 Å².